The fourth-order valence-electron chi connectivity index (χ4n) is 1.37. The molecule has 0 aromatic carbocycles. The Labute approximate surface area is 82.2 Å². The number of carboxylic acid groups (broad SMARTS) is 1. The largest absolute Gasteiger partial charge is 0.478 e. The summed E-state index contributed by atoms with van der Waals surface area (Å²) in [5, 5.41) is 14.2. The van der Waals surface area contributed by atoms with Gasteiger partial charge < -0.3 is 15.7 Å². The summed E-state index contributed by atoms with van der Waals surface area (Å²) in [5.74, 6) is -1.46. The van der Waals surface area contributed by atoms with E-state index in [4.69, 9.17) is 5.11 Å². The van der Waals surface area contributed by atoms with E-state index in [-0.39, 0.29) is 11.9 Å². The van der Waals surface area contributed by atoms with E-state index in [1.165, 1.54) is 0 Å². The zero-order chi connectivity index (χ0) is 10.4. The summed E-state index contributed by atoms with van der Waals surface area (Å²) in [4.78, 5) is 21.2. The second-order valence-corrected chi connectivity index (χ2v) is 3.22. The number of hydrogen-bond donors (Lipinski definition) is 3. The molecule has 78 valence electrons. The van der Waals surface area contributed by atoms with Crippen LogP contribution in [0.15, 0.2) is 12.2 Å². The van der Waals surface area contributed by atoms with Crippen molar-refractivity contribution in [3.05, 3.63) is 12.2 Å². The first-order valence-electron chi connectivity index (χ1n) is 4.60. The Morgan fingerprint density at radius 1 is 1.43 bits per heavy atom. The number of nitrogens with one attached hydrogen (secondary N) is 2. The standard InChI is InChI=1S/C9H14N2O3/c12-8(3-4-9(13)14)11-7-2-1-5-10-6-7/h3-4,7,10H,1-2,5-6H2,(H,11,12)(H,13,14)/b4-3+. The third-order valence-corrected chi connectivity index (χ3v) is 2.02. The van der Waals surface area contributed by atoms with Gasteiger partial charge in [-0.25, -0.2) is 4.79 Å². The summed E-state index contributed by atoms with van der Waals surface area (Å²) in [6, 6.07) is 0.120. The Balaban J connectivity index is 2.28. The Morgan fingerprint density at radius 2 is 2.21 bits per heavy atom. The number of hydrogen-bond acceptors (Lipinski definition) is 3. The molecule has 1 unspecified atom stereocenters. The molecule has 0 saturated carbocycles. The number of carboxylic acids is 1. The lowest BCUT2D eigenvalue weighted by atomic mass is 10.1. The van der Waals surface area contributed by atoms with Crippen molar-refractivity contribution in [1.82, 2.24) is 10.6 Å². The van der Waals surface area contributed by atoms with Gasteiger partial charge >= 0.3 is 5.97 Å². The summed E-state index contributed by atoms with van der Waals surface area (Å²) >= 11 is 0. The van der Waals surface area contributed by atoms with Gasteiger partial charge in [-0.2, -0.15) is 0 Å². The maximum absolute atomic E-state index is 11.1. The highest BCUT2D eigenvalue weighted by atomic mass is 16.4. The van der Waals surface area contributed by atoms with Crippen LogP contribution in [0.1, 0.15) is 12.8 Å². The van der Waals surface area contributed by atoms with Crippen LogP contribution in [0.3, 0.4) is 0 Å². The molecule has 0 aromatic heterocycles. The molecule has 1 atom stereocenters. The van der Waals surface area contributed by atoms with Gasteiger partial charge in [-0.05, 0) is 19.4 Å². The van der Waals surface area contributed by atoms with E-state index in [2.05, 4.69) is 10.6 Å². The van der Waals surface area contributed by atoms with Gasteiger partial charge in [-0.3, -0.25) is 4.79 Å². The summed E-state index contributed by atoms with van der Waals surface area (Å²) in [7, 11) is 0. The number of amides is 1. The average Bonchev–Trinajstić information content (AvgIpc) is 2.16. The molecule has 1 aliphatic heterocycles. The molecule has 0 aliphatic carbocycles. The van der Waals surface area contributed by atoms with Gasteiger partial charge in [0.2, 0.25) is 5.91 Å². The maximum atomic E-state index is 11.1. The normalized spacial score (nSPS) is 22.1. The number of rotatable bonds is 3. The van der Waals surface area contributed by atoms with Crippen LogP contribution in [0.2, 0.25) is 0 Å². The summed E-state index contributed by atoms with van der Waals surface area (Å²) in [6.07, 6.45) is 3.86. The third-order valence-electron chi connectivity index (χ3n) is 2.02. The van der Waals surface area contributed by atoms with Crippen LogP contribution in [-0.4, -0.2) is 36.1 Å². The molecule has 1 heterocycles. The zero-order valence-electron chi connectivity index (χ0n) is 7.82. The molecule has 0 spiro atoms. The minimum Gasteiger partial charge on any atom is -0.478 e. The molecule has 1 rings (SSSR count). The van der Waals surface area contributed by atoms with Gasteiger partial charge in [0.25, 0.3) is 0 Å². The highest BCUT2D eigenvalue weighted by Gasteiger charge is 2.13. The molecular weight excluding hydrogens is 184 g/mol. The third kappa shape index (κ3) is 4.04. The molecule has 1 amide bonds. The quantitative estimate of drug-likeness (QED) is 0.534. The molecule has 1 fully saturated rings. The molecule has 1 saturated heterocycles. The highest BCUT2D eigenvalue weighted by Crippen LogP contribution is 2.00. The van der Waals surface area contributed by atoms with E-state index in [1.54, 1.807) is 0 Å². The number of aliphatic carboxylic acids is 1. The van der Waals surface area contributed by atoms with Crippen LogP contribution in [0.4, 0.5) is 0 Å². The zero-order valence-corrected chi connectivity index (χ0v) is 7.82. The first kappa shape index (κ1) is 10.7. The molecule has 1 aliphatic rings. The van der Waals surface area contributed by atoms with E-state index >= 15 is 0 Å². The van der Waals surface area contributed by atoms with E-state index in [1.807, 2.05) is 0 Å². The van der Waals surface area contributed by atoms with Gasteiger partial charge in [-0.15, -0.1) is 0 Å². The molecule has 5 nitrogen and oxygen atoms in total. The van der Waals surface area contributed by atoms with Crippen molar-refractivity contribution in [3.63, 3.8) is 0 Å². The van der Waals surface area contributed by atoms with Crippen molar-refractivity contribution in [2.45, 2.75) is 18.9 Å². The van der Waals surface area contributed by atoms with Crippen molar-refractivity contribution in [1.29, 1.82) is 0 Å². The highest BCUT2D eigenvalue weighted by molar-refractivity contribution is 5.93. The van der Waals surface area contributed by atoms with Gasteiger partial charge in [0.1, 0.15) is 0 Å². The Kier molecular flexibility index (Phi) is 4.12. The second kappa shape index (κ2) is 5.39. The van der Waals surface area contributed by atoms with E-state index in [9.17, 15) is 9.59 Å². The van der Waals surface area contributed by atoms with Crippen LogP contribution in [0.25, 0.3) is 0 Å². The van der Waals surface area contributed by atoms with Gasteiger partial charge in [-0.1, -0.05) is 0 Å². The average molecular weight is 198 g/mol. The fourth-order valence-corrected chi connectivity index (χ4v) is 1.37. The van der Waals surface area contributed by atoms with Gasteiger partial charge in [0.15, 0.2) is 0 Å². The smallest absolute Gasteiger partial charge is 0.328 e. The van der Waals surface area contributed by atoms with Crippen molar-refractivity contribution >= 4 is 11.9 Å². The topological polar surface area (TPSA) is 78.4 Å². The van der Waals surface area contributed by atoms with Crippen LogP contribution in [0.5, 0.6) is 0 Å². The number of carbonyl (C=O) groups is 2. The van der Waals surface area contributed by atoms with Crippen LogP contribution in [-0.2, 0) is 9.59 Å². The van der Waals surface area contributed by atoms with E-state index in [0.29, 0.717) is 0 Å². The lowest BCUT2D eigenvalue weighted by Crippen LogP contribution is -2.45. The Bertz CT molecular complexity index is 244. The summed E-state index contributed by atoms with van der Waals surface area (Å²) < 4.78 is 0. The van der Waals surface area contributed by atoms with Crippen LogP contribution >= 0.6 is 0 Å². The molecule has 3 N–H and O–H groups in total. The lowest BCUT2D eigenvalue weighted by Gasteiger charge is -2.22. The van der Waals surface area contributed by atoms with E-state index in [0.717, 1.165) is 38.1 Å². The minimum absolute atomic E-state index is 0.120. The van der Waals surface area contributed by atoms with E-state index < -0.39 is 5.97 Å². The molecule has 0 bridgehead atoms. The molecule has 0 radical (unpaired) electrons. The summed E-state index contributed by atoms with van der Waals surface area (Å²) in [5.41, 5.74) is 0. The Morgan fingerprint density at radius 3 is 2.79 bits per heavy atom. The SMILES string of the molecule is O=C(O)/C=C/C(=O)NC1CCCNC1. The fraction of sp³-hybridized carbons (Fsp3) is 0.556. The first-order valence-corrected chi connectivity index (χ1v) is 4.60. The van der Waals surface area contributed by atoms with Crippen molar-refractivity contribution < 1.29 is 14.7 Å². The number of piperidine rings is 1. The van der Waals surface area contributed by atoms with Crippen LogP contribution in [0, 0.1) is 0 Å². The molecular formula is C9H14N2O3. The lowest BCUT2D eigenvalue weighted by molar-refractivity contribution is -0.131. The van der Waals surface area contributed by atoms with Crippen molar-refractivity contribution in [3.8, 4) is 0 Å². The predicted octanol–water partition coefficient (Wildman–Crippen LogP) is -0.505. The maximum Gasteiger partial charge on any atom is 0.328 e. The van der Waals surface area contributed by atoms with Gasteiger partial charge in [0.05, 0.1) is 0 Å². The minimum atomic E-state index is -1.11. The van der Waals surface area contributed by atoms with Crippen LogP contribution < -0.4 is 10.6 Å². The molecule has 5 heteroatoms. The Hall–Kier alpha value is -1.36. The van der Waals surface area contributed by atoms with Crippen molar-refractivity contribution in [2.75, 3.05) is 13.1 Å². The number of carbonyl (C=O) groups excluding carboxylic acids is 1. The molecule has 0 aromatic rings. The summed E-state index contributed by atoms with van der Waals surface area (Å²) in [6.45, 7) is 1.74. The predicted molar refractivity (Wildman–Crippen MR) is 50.8 cm³/mol. The van der Waals surface area contributed by atoms with Gasteiger partial charge in [0, 0.05) is 24.7 Å². The molecule has 14 heavy (non-hydrogen) atoms. The monoisotopic (exact) mass is 198 g/mol. The second-order valence-electron chi connectivity index (χ2n) is 3.22. The first-order chi connectivity index (χ1) is 6.68. The van der Waals surface area contributed by atoms with Crippen molar-refractivity contribution in [2.24, 2.45) is 0 Å².